The molecule has 0 radical (unpaired) electrons. The Bertz CT molecular complexity index is 651. The second-order valence-corrected chi connectivity index (χ2v) is 6.29. The maximum atomic E-state index is 5.70. The molecular weight excluding hydrogens is 304 g/mol. The number of rotatable bonds is 4. The van der Waals surface area contributed by atoms with Gasteiger partial charge in [0.05, 0.1) is 38.9 Å². The predicted molar refractivity (Wildman–Crippen MR) is 97.1 cm³/mol. The molecule has 2 aromatic carbocycles. The quantitative estimate of drug-likeness (QED) is 0.863. The van der Waals surface area contributed by atoms with Crippen molar-refractivity contribution in [2.45, 2.75) is 6.54 Å². The summed E-state index contributed by atoms with van der Waals surface area (Å²) in [5.41, 5.74) is 2.43. The summed E-state index contributed by atoms with van der Waals surface area (Å²) in [6.07, 6.45) is 0. The fraction of sp³-hybridized carbons (Fsp3) is 0.316. The summed E-state index contributed by atoms with van der Waals surface area (Å²) in [5, 5.41) is 0. The standard InChI is InChI=1S/C19H22N2OS/c1-22-18-10-6-5-9-17(18)19(23)21-13-11-20(12-14-21)15-16-7-3-2-4-8-16/h2-10H,11-15H2,1H3/p+1. The predicted octanol–water partition coefficient (Wildman–Crippen LogP) is 1.77. The first-order valence-corrected chi connectivity index (χ1v) is 8.48. The molecule has 1 heterocycles. The molecule has 3 nitrogen and oxygen atoms in total. The summed E-state index contributed by atoms with van der Waals surface area (Å²) in [5.74, 6) is 0.858. The van der Waals surface area contributed by atoms with Gasteiger partial charge in [0.2, 0.25) is 0 Å². The number of hydrogen-bond donors (Lipinski definition) is 1. The van der Waals surface area contributed by atoms with Gasteiger partial charge in [0.1, 0.15) is 17.3 Å². The molecule has 3 rings (SSSR count). The van der Waals surface area contributed by atoms with E-state index in [1.165, 1.54) is 5.56 Å². The Morgan fingerprint density at radius 1 is 1.04 bits per heavy atom. The van der Waals surface area contributed by atoms with Crippen molar-refractivity contribution in [2.75, 3.05) is 33.3 Å². The minimum Gasteiger partial charge on any atom is -0.496 e. The Kier molecular flexibility index (Phi) is 5.26. The molecule has 0 spiro atoms. The molecule has 0 unspecified atom stereocenters. The molecular formula is C19H23N2OS+. The number of thiocarbonyl (C=S) groups is 1. The van der Waals surface area contributed by atoms with Crippen LogP contribution >= 0.6 is 12.2 Å². The lowest BCUT2D eigenvalue weighted by Crippen LogP contribution is -3.13. The van der Waals surface area contributed by atoms with Crippen LogP contribution in [0.15, 0.2) is 54.6 Å². The molecule has 23 heavy (non-hydrogen) atoms. The van der Waals surface area contributed by atoms with Gasteiger partial charge in [-0.25, -0.2) is 0 Å². The summed E-state index contributed by atoms with van der Waals surface area (Å²) in [6.45, 7) is 5.32. The molecule has 0 aromatic heterocycles. The van der Waals surface area contributed by atoms with Gasteiger partial charge in [-0.05, 0) is 12.1 Å². The van der Waals surface area contributed by atoms with Crippen molar-refractivity contribution in [2.24, 2.45) is 0 Å². The van der Waals surface area contributed by atoms with Crippen LogP contribution in [-0.2, 0) is 6.54 Å². The number of nitrogens with zero attached hydrogens (tertiary/aromatic N) is 1. The third-order valence-electron chi connectivity index (χ3n) is 4.39. The molecule has 1 fully saturated rings. The molecule has 0 aliphatic carbocycles. The normalized spacial score (nSPS) is 15.4. The number of benzene rings is 2. The fourth-order valence-corrected chi connectivity index (χ4v) is 3.43. The Balaban J connectivity index is 1.59. The summed E-state index contributed by atoms with van der Waals surface area (Å²) in [7, 11) is 1.70. The van der Waals surface area contributed by atoms with Crippen LogP contribution in [0.1, 0.15) is 11.1 Å². The summed E-state index contributed by atoms with van der Waals surface area (Å²) < 4.78 is 5.44. The van der Waals surface area contributed by atoms with Crippen molar-refractivity contribution in [1.29, 1.82) is 0 Å². The first-order valence-electron chi connectivity index (χ1n) is 8.07. The average Bonchev–Trinajstić information content (AvgIpc) is 2.62. The highest BCUT2D eigenvalue weighted by Gasteiger charge is 2.23. The van der Waals surface area contributed by atoms with Crippen molar-refractivity contribution in [3.63, 3.8) is 0 Å². The molecule has 4 heteroatoms. The molecule has 2 aromatic rings. The van der Waals surface area contributed by atoms with Gasteiger partial charge in [0.15, 0.2) is 0 Å². The second kappa shape index (κ2) is 7.57. The van der Waals surface area contributed by atoms with Crippen molar-refractivity contribution in [3.8, 4) is 5.75 Å². The van der Waals surface area contributed by atoms with Crippen LogP contribution in [0.25, 0.3) is 0 Å². The van der Waals surface area contributed by atoms with Gasteiger partial charge in [0.25, 0.3) is 0 Å². The molecule has 120 valence electrons. The lowest BCUT2D eigenvalue weighted by Gasteiger charge is -2.34. The van der Waals surface area contributed by atoms with E-state index in [0.29, 0.717) is 0 Å². The summed E-state index contributed by atoms with van der Waals surface area (Å²) in [4.78, 5) is 4.83. The lowest BCUT2D eigenvalue weighted by molar-refractivity contribution is -0.917. The molecule has 1 saturated heterocycles. The Labute approximate surface area is 143 Å². The number of para-hydroxylation sites is 1. The second-order valence-electron chi connectivity index (χ2n) is 5.90. The number of nitrogens with one attached hydrogen (secondary N) is 1. The van der Waals surface area contributed by atoms with Gasteiger partial charge in [-0.15, -0.1) is 0 Å². The van der Waals surface area contributed by atoms with Crippen LogP contribution in [0.3, 0.4) is 0 Å². The van der Waals surface area contributed by atoms with Crippen LogP contribution in [-0.4, -0.2) is 43.2 Å². The minimum atomic E-state index is 0.858. The van der Waals surface area contributed by atoms with E-state index in [2.05, 4.69) is 35.2 Å². The molecule has 1 N–H and O–H groups in total. The third kappa shape index (κ3) is 3.89. The number of ether oxygens (including phenoxy) is 1. The zero-order valence-corrected chi connectivity index (χ0v) is 14.3. The van der Waals surface area contributed by atoms with Crippen molar-refractivity contribution in [1.82, 2.24) is 4.90 Å². The monoisotopic (exact) mass is 327 g/mol. The largest absolute Gasteiger partial charge is 0.496 e. The van der Waals surface area contributed by atoms with Gasteiger partial charge < -0.3 is 14.5 Å². The van der Waals surface area contributed by atoms with Gasteiger partial charge >= 0.3 is 0 Å². The number of methoxy groups -OCH3 is 1. The van der Waals surface area contributed by atoms with E-state index >= 15 is 0 Å². The number of hydrogen-bond acceptors (Lipinski definition) is 2. The van der Waals surface area contributed by atoms with Gasteiger partial charge in [0, 0.05) is 5.56 Å². The highest BCUT2D eigenvalue weighted by Crippen LogP contribution is 2.20. The SMILES string of the molecule is COc1ccccc1C(=S)N1CC[NH+](Cc2ccccc2)CC1. The van der Waals surface area contributed by atoms with Gasteiger partial charge in [-0.2, -0.15) is 0 Å². The third-order valence-corrected chi connectivity index (χ3v) is 4.87. The Morgan fingerprint density at radius 3 is 2.39 bits per heavy atom. The number of piperazine rings is 1. The van der Waals surface area contributed by atoms with Crippen molar-refractivity contribution in [3.05, 3.63) is 65.7 Å². The molecule has 0 saturated carbocycles. The van der Waals surface area contributed by atoms with Crippen molar-refractivity contribution < 1.29 is 9.64 Å². The Morgan fingerprint density at radius 2 is 1.70 bits per heavy atom. The maximum absolute atomic E-state index is 5.70. The van der Waals surface area contributed by atoms with E-state index in [0.717, 1.165) is 49.0 Å². The van der Waals surface area contributed by atoms with Crippen LogP contribution in [0.2, 0.25) is 0 Å². The minimum absolute atomic E-state index is 0.858. The molecule has 1 aliphatic rings. The van der Waals surface area contributed by atoms with Gasteiger partial charge in [-0.3, -0.25) is 0 Å². The molecule has 0 bridgehead atoms. The smallest absolute Gasteiger partial charge is 0.129 e. The van der Waals surface area contributed by atoms with Gasteiger partial charge in [-0.1, -0.05) is 54.7 Å². The maximum Gasteiger partial charge on any atom is 0.129 e. The van der Waals surface area contributed by atoms with E-state index in [-0.39, 0.29) is 0 Å². The van der Waals surface area contributed by atoms with E-state index in [9.17, 15) is 0 Å². The van der Waals surface area contributed by atoms with Crippen LogP contribution < -0.4 is 9.64 Å². The Hall–Kier alpha value is -1.91. The van der Waals surface area contributed by atoms with Crippen LogP contribution in [0.5, 0.6) is 5.75 Å². The molecule has 0 amide bonds. The fourth-order valence-electron chi connectivity index (χ4n) is 3.08. The van der Waals surface area contributed by atoms with Crippen LogP contribution in [0, 0.1) is 0 Å². The molecule has 1 aliphatic heterocycles. The highest BCUT2D eigenvalue weighted by molar-refractivity contribution is 7.80. The summed E-state index contributed by atoms with van der Waals surface area (Å²) in [6, 6.07) is 18.7. The first-order chi connectivity index (χ1) is 11.3. The summed E-state index contributed by atoms with van der Waals surface area (Å²) >= 11 is 5.70. The highest BCUT2D eigenvalue weighted by atomic mass is 32.1. The van der Waals surface area contributed by atoms with E-state index in [4.69, 9.17) is 17.0 Å². The zero-order chi connectivity index (χ0) is 16.1. The zero-order valence-electron chi connectivity index (χ0n) is 13.5. The number of quaternary nitrogens is 1. The van der Waals surface area contributed by atoms with E-state index < -0.39 is 0 Å². The lowest BCUT2D eigenvalue weighted by atomic mass is 10.1. The molecule has 0 atom stereocenters. The average molecular weight is 327 g/mol. The first kappa shape index (κ1) is 16.0. The topological polar surface area (TPSA) is 16.9 Å². The van der Waals surface area contributed by atoms with E-state index in [1.807, 2.05) is 24.3 Å². The van der Waals surface area contributed by atoms with Crippen molar-refractivity contribution >= 4 is 17.2 Å². The van der Waals surface area contributed by atoms with Crippen LogP contribution in [0.4, 0.5) is 0 Å². The van der Waals surface area contributed by atoms with E-state index in [1.54, 1.807) is 12.0 Å².